The van der Waals surface area contributed by atoms with Crippen molar-refractivity contribution in [1.29, 1.82) is 0 Å². The predicted octanol–water partition coefficient (Wildman–Crippen LogP) is 2.33. The number of nitrogens with one attached hydrogen (secondary N) is 1. The smallest absolute Gasteiger partial charge is 0.240 e. The third-order valence-corrected chi connectivity index (χ3v) is 4.06. The molecule has 0 radical (unpaired) electrons. The third kappa shape index (κ3) is 3.87. The summed E-state index contributed by atoms with van der Waals surface area (Å²) in [5.41, 5.74) is 7.12. The van der Waals surface area contributed by atoms with Gasteiger partial charge in [-0.3, -0.25) is 9.78 Å². The van der Waals surface area contributed by atoms with Crippen LogP contribution in [-0.4, -0.2) is 16.4 Å². The zero-order chi connectivity index (χ0) is 16.3. The van der Waals surface area contributed by atoms with Crippen molar-refractivity contribution in [3.05, 3.63) is 59.9 Å². The minimum absolute atomic E-state index is 0.0789. The zero-order valence-corrected chi connectivity index (χ0v) is 13.2. The van der Waals surface area contributed by atoms with E-state index in [9.17, 15) is 4.79 Å². The lowest BCUT2D eigenvalue weighted by Gasteiger charge is -2.18. The zero-order valence-electron chi connectivity index (χ0n) is 13.2. The lowest BCUT2D eigenvalue weighted by molar-refractivity contribution is -0.123. The molecule has 5 heteroatoms. The lowest BCUT2D eigenvalue weighted by atomic mass is 10.1. The number of benzene rings is 1. The van der Waals surface area contributed by atoms with E-state index < -0.39 is 5.54 Å². The number of nitrogens with zero attached hydrogens (tertiary/aromatic N) is 1. The molecule has 120 valence electrons. The van der Waals surface area contributed by atoms with Crippen molar-refractivity contribution in [3.8, 4) is 5.75 Å². The van der Waals surface area contributed by atoms with Gasteiger partial charge in [0.25, 0.3) is 0 Å². The second-order valence-electron chi connectivity index (χ2n) is 6.03. The first-order valence-electron chi connectivity index (χ1n) is 7.79. The van der Waals surface area contributed by atoms with Crippen molar-refractivity contribution in [3.63, 3.8) is 0 Å². The van der Waals surface area contributed by atoms with Crippen LogP contribution in [0.25, 0.3) is 0 Å². The fraction of sp³-hybridized carbons (Fsp3) is 0.333. The van der Waals surface area contributed by atoms with Crippen LogP contribution in [0.1, 0.15) is 37.1 Å². The van der Waals surface area contributed by atoms with Crippen LogP contribution in [-0.2, 0) is 11.4 Å². The molecule has 2 aromatic rings. The SMILES string of the molecule is CC(NC(=O)C1(N)CC1)c1cccc(OCc2ccccn2)c1. The van der Waals surface area contributed by atoms with Gasteiger partial charge in [-0.1, -0.05) is 18.2 Å². The molecular formula is C18H21N3O2. The molecule has 1 saturated carbocycles. The number of nitrogens with two attached hydrogens (primary N) is 1. The van der Waals surface area contributed by atoms with Crippen LogP contribution >= 0.6 is 0 Å². The second kappa shape index (κ2) is 6.38. The normalized spacial score (nSPS) is 16.4. The molecule has 23 heavy (non-hydrogen) atoms. The number of carbonyl (C=O) groups is 1. The molecule has 1 unspecified atom stereocenters. The van der Waals surface area contributed by atoms with Crippen molar-refractivity contribution in [2.45, 2.75) is 38.0 Å². The first kappa shape index (κ1) is 15.5. The molecule has 0 spiro atoms. The summed E-state index contributed by atoms with van der Waals surface area (Å²) in [6.45, 7) is 2.36. The molecule has 5 nitrogen and oxygen atoms in total. The number of hydrogen-bond donors (Lipinski definition) is 2. The molecular weight excluding hydrogens is 290 g/mol. The van der Waals surface area contributed by atoms with Crippen molar-refractivity contribution in [1.82, 2.24) is 10.3 Å². The Morgan fingerprint density at radius 2 is 2.17 bits per heavy atom. The Morgan fingerprint density at radius 1 is 1.35 bits per heavy atom. The van der Waals surface area contributed by atoms with Gasteiger partial charge < -0.3 is 15.8 Å². The summed E-state index contributed by atoms with van der Waals surface area (Å²) in [6, 6.07) is 13.3. The van der Waals surface area contributed by atoms with Gasteiger partial charge in [0.1, 0.15) is 12.4 Å². The van der Waals surface area contributed by atoms with Gasteiger partial charge in [0.05, 0.1) is 17.3 Å². The minimum atomic E-state index is -0.651. The van der Waals surface area contributed by atoms with E-state index in [1.807, 2.05) is 49.4 Å². The van der Waals surface area contributed by atoms with Gasteiger partial charge >= 0.3 is 0 Å². The molecule has 3 rings (SSSR count). The minimum Gasteiger partial charge on any atom is -0.487 e. The van der Waals surface area contributed by atoms with E-state index in [1.54, 1.807) is 6.20 Å². The summed E-state index contributed by atoms with van der Waals surface area (Å²) in [7, 11) is 0. The summed E-state index contributed by atoms with van der Waals surface area (Å²) in [5, 5.41) is 2.97. The van der Waals surface area contributed by atoms with Crippen molar-refractivity contribution in [2.75, 3.05) is 0 Å². The fourth-order valence-electron chi connectivity index (χ4n) is 2.30. The van der Waals surface area contributed by atoms with Crippen LogP contribution in [0, 0.1) is 0 Å². The Labute approximate surface area is 135 Å². The topological polar surface area (TPSA) is 77.2 Å². The van der Waals surface area contributed by atoms with Crippen LogP contribution in [0.5, 0.6) is 5.75 Å². The van der Waals surface area contributed by atoms with Crippen LogP contribution in [0.4, 0.5) is 0 Å². The summed E-state index contributed by atoms with van der Waals surface area (Å²) in [4.78, 5) is 16.3. The molecule has 1 heterocycles. The van der Waals surface area contributed by atoms with Crippen molar-refractivity contribution >= 4 is 5.91 Å². The van der Waals surface area contributed by atoms with Gasteiger partial charge in [0.15, 0.2) is 0 Å². The Hall–Kier alpha value is -2.40. The molecule has 0 bridgehead atoms. The summed E-state index contributed by atoms with van der Waals surface area (Å²) >= 11 is 0. The average molecular weight is 311 g/mol. The van der Waals surface area contributed by atoms with E-state index >= 15 is 0 Å². The second-order valence-corrected chi connectivity index (χ2v) is 6.03. The molecule has 0 saturated heterocycles. The van der Waals surface area contributed by atoms with Crippen LogP contribution < -0.4 is 15.8 Å². The number of pyridine rings is 1. The largest absolute Gasteiger partial charge is 0.487 e. The number of aromatic nitrogens is 1. The van der Waals surface area contributed by atoms with Gasteiger partial charge in [-0.15, -0.1) is 0 Å². The maximum Gasteiger partial charge on any atom is 0.240 e. The summed E-state index contributed by atoms with van der Waals surface area (Å²) < 4.78 is 5.77. The maximum atomic E-state index is 12.0. The molecule has 1 fully saturated rings. The molecule has 1 aliphatic carbocycles. The van der Waals surface area contributed by atoms with Gasteiger partial charge in [-0.25, -0.2) is 0 Å². The first-order chi connectivity index (χ1) is 11.1. The standard InChI is InChI=1S/C18H21N3O2/c1-13(21-17(22)18(19)8-9-18)14-5-4-7-16(11-14)23-12-15-6-2-3-10-20-15/h2-7,10-11,13H,8-9,12,19H2,1H3,(H,21,22). The maximum absolute atomic E-state index is 12.0. The van der Waals surface area contributed by atoms with E-state index in [0.717, 1.165) is 29.8 Å². The number of ether oxygens (including phenoxy) is 1. The van der Waals surface area contributed by atoms with E-state index in [0.29, 0.717) is 6.61 Å². The van der Waals surface area contributed by atoms with Crippen molar-refractivity contribution < 1.29 is 9.53 Å². The van der Waals surface area contributed by atoms with Crippen LogP contribution in [0.2, 0.25) is 0 Å². The van der Waals surface area contributed by atoms with Crippen LogP contribution in [0.3, 0.4) is 0 Å². The summed E-state index contributed by atoms with van der Waals surface area (Å²) in [5.74, 6) is 0.674. The molecule has 1 aromatic carbocycles. The number of hydrogen-bond acceptors (Lipinski definition) is 4. The third-order valence-electron chi connectivity index (χ3n) is 4.06. The molecule has 1 aliphatic rings. The molecule has 0 aliphatic heterocycles. The Morgan fingerprint density at radius 3 is 2.87 bits per heavy atom. The van der Waals surface area contributed by atoms with Gasteiger partial charge in [0.2, 0.25) is 5.91 Å². The average Bonchev–Trinajstić information content (AvgIpc) is 3.33. The van der Waals surface area contributed by atoms with Crippen molar-refractivity contribution in [2.24, 2.45) is 5.73 Å². The van der Waals surface area contributed by atoms with Crippen LogP contribution in [0.15, 0.2) is 48.7 Å². The number of carbonyl (C=O) groups excluding carboxylic acids is 1. The predicted molar refractivity (Wildman–Crippen MR) is 87.7 cm³/mol. The van der Waals surface area contributed by atoms with Gasteiger partial charge in [-0.2, -0.15) is 0 Å². The Bertz CT molecular complexity index is 684. The Kier molecular flexibility index (Phi) is 4.30. The monoisotopic (exact) mass is 311 g/mol. The Balaban J connectivity index is 1.61. The van der Waals surface area contributed by atoms with E-state index in [-0.39, 0.29) is 11.9 Å². The molecule has 3 N–H and O–H groups in total. The molecule has 1 amide bonds. The van der Waals surface area contributed by atoms with E-state index in [2.05, 4.69) is 10.3 Å². The fourth-order valence-corrected chi connectivity index (χ4v) is 2.30. The highest BCUT2D eigenvalue weighted by Gasteiger charge is 2.46. The highest BCUT2D eigenvalue weighted by Crippen LogP contribution is 2.33. The quantitative estimate of drug-likeness (QED) is 0.858. The lowest BCUT2D eigenvalue weighted by Crippen LogP contribution is -2.43. The molecule has 1 aromatic heterocycles. The highest BCUT2D eigenvalue weighted by molar-refractivity contribution is 5.89. The number of rotatable bonds is 6. The molecule has 1 atom stereocenters. The van der Waals surface area contributed by atoms with E-state index in [4.69, 9.17) is 10.5 Å². The van der Waals surface area contributed by atoms with Gasteiger partial charge in [0, 0.05) is 6.20 Å². The first-order valence-corrected chi connectivity index (χ1v) is 7.79. The van der Waals surface area contributed by atoms with Gasteiger partial charge in [-0.05, 0) is 49.6 Å². The number of amides is 1. The van der Waals surface area contributed by atoms with E-state index in [1.165, 1.54) is 0 Å². The summed E-state index contributed by atoms with van der Waals surface area (Å²) in [6.07, 6.45) is 3.27. The highest BCUT2D eigenvalue weighted by atomic mass is 16.5.